The summed E-state index contributed by atoms with van der Waals surface area (Å²) < 4.78 is 5.14. The number of aliphatic hydroxyl groups is 1. The largest absolute Gasteiger partial charge is 0.467 e. The Hall–Kier alpha value is -1.33. The topological polar surface area (TPSA) is 65.7 Å². The third kappa shape index (κ3) is 3.85. The van der Waals surface area contributed by atoms with Crippen LogP contribution in [-0.4, -0.2) is 41.1 Å². The summed E-state index contributed by atoms with van der Waals surface area (Å²) in [6.45, 7) is 3.98. The molecule has 0 bridgehead atoms. The number of nitrogens with one attached hydrogen (secondary N) is 1. The van der Waals surface area contributed by atoms with Gasteiger partial charge in [-0.1, -0.05) is 0 Å². The van der Waals surface area contributed by atoms with E-state index in [4.69, 9.17) is 4.42 Å². The SMILES string of the molecule is CC1(O)CCCN(CC(=O)NCc2ccco2)C1. The van der Waals surface area contributed by atoms with Crippen LogP contribution in [0.4, 0.5) is 0 Å². The Morgan fingerprint density at radius 2 is 2.50 bits per heavy atom. The van der Waals surface area contributed by atoms with E-state index in [1.807, 2.05) is 17.9 Å². The summed E-state index contributed by atoms with van der Waals surface area (Å²) in [4.78, 5) is 13.7. The van der Waals surface area contributed by atoms with E-state index in [1.165, 1.54) is 0 Å². The molecule has 5 nitrogen and oxygen atoms in total. The average Bonchev–Trinajstić information content (AvgIpc) is 2.77. The molecular weight excluding hydrogens is 232 g/mol. The summed E-state index contributed by atoms with van der Waals surface area (Å²) in [6, 6.07) is 3.62. The molecule has 2 N–H and O–H groups in total. The van der Waals surface area contributed by atoms with Gasteiger partial charge in [0.25, 0.3) is 0 Å². The van der Waals surface area contributed by atoms with Crippen LogP contribution in [0.5, 0.6) is 0 Å². The van der Waals surface area contributed by atoms with E-state index in [-0.39, 0.29) is 5.91 Å². The van der Waals surface area contributed by atoms with Gasteiger partial charge in [-0.2, -0.15) is 0 Å². The molecule has 1 aliphatic heterocycles. The molecule has 1 unspecified atom stereocenters. The van der Waals surface area contributed by atoms with Gasteiger partial charge in [0.1, 0.15) is 5.76 Å². The zero-order chi connectivity index (χ0) is 13.0. The first-order valence-corrected chi connectivity index (χ1v) is 6.29. The number of likely N-dealkylation sites (tertiary alicyclic amines) is 1. The number of hydrogen-bond donors (Lipinski definition) is 2. The second-order valence-electron chi connectivity index (χ2n) is 5.17. The van der Waals surface area contributed by atoms with Crippen LogP contribution in [0, 0.1) is 0 Å². The first kappa shape index (κ1) is 13.1. The molecule has 1 aromatic rings. The Balaban J connectivity index is 1.74. The molecule has 2 heterocycles. The molecule has 1 aliphatic rings. The minimum atomic E-state index is -0.667. The molecule has 2 rings (SSSR count). The summed E-state index contributed by atoms with van der Waals surface area (Å²) in [6.07, 6.45) is 3.32. The maximum atomic E-state index is 11.7. The monoisotopic (exact) mass is 252 g/mol. The number of β-amino-alcohol motifs (C(OH)–C–C–N with tert-alkyl or cyclic N) is 1. The fraction of sp³-hybridized carbons (Fsp3) is 0.615. The highest BCUT2D eigenvalue weighted by Gasteiger charge is 2.29. The van der Waals surface area contributed by atoms with Crippen molar-refractivity contribution in [1.82, 2.24) is 10.2 Å². The van der Waals surface area contributed by atoms with Gasteiger partial charge in [-0.3, -0.25) is 9.69 Å². The zero-order valence-corrected chi connectivity index (χ0v) is 10.7. The minimum absolute atomic E-state index is 0.0379. The van der Waals surface area contributed by atoms with E-state index in [1.54, 1.807) is 12.3 Å². The molecule has 1 aromatic heterocycles. The van der Waals surface area contributed by atoms with Crippen LogP contribution in [0.1, 0.15) is 25.5 Å². The second kappa shape index (κ2) is 5.54. The van der Waals surface area contributed by atoms with Crippen LogP contribution in [0.2, 0.25) is 0 Å². The molecule has 1 fully saturated rings. The number of rotatable bonds is 4. The highest BCUT2D eigenvalue weighted by Crippen LogP contribution is 2.19. The van der Waals surface area contributed by atoms with Crippen LogP contribution in [0.15, 0.2) is 22.8 Å². The Bertz CT molecular complexity index is 387. The van der Waals surface area contributed by atoms with Gasteiger partial charge in [-0.25, -0.2) is 0 Å². The van der Waals surface area contributed by atoms with Crippen LogP contribution >= 0.6 is 0 Å². The van der Waals surface area contributed by atoms with Crippen LogP contribution in [0.25, 0.3) is 0 Å². The van der Waals surface area contributed by atoms with Gasteiger partial charge in [0.2, 0.25) is 5.91 Å². The number of hydrogen-bond acceptors (Lipinski definition) is 4. The van der Waals surface area contributed by atoms with Gasteiger partial charge >= 0.3 is 0 Å². The number of piperidine rings is 1. The maximum Gasteiger partial charge on any atom is 0.234 e. The molecular formula is C13H20N2O3. The standard InChI is InChI=1S/C13H20N2O3/c1-13(17)5-3-6-15(10-13)9-12(16)14-8-11-4-2-7-18-11/h2,4,7,17H,3,5-6,8-10H2,1H3,(H,14,16). The van der Waals surface area contributed by atoms with E-state index >= 15 is 0 Å². The maximum absolute atomic E-state index is 11.7. The summed E-state index contributed by atoms with van der Waals surface area (Å²) in [5.41, 5.74) is -0.667. The third-order valence-electron chi connectivity index (χ3n) is 3.16. The van der Waals surface area contributed by atoms with Gasteiger partial charge in [0, 0.05) is 6.54 Å². The zero-order valence-electron chi connectivity index (χ0n) is 10.7. The van der Waals surface area contributed by atoms with Gasteiger partial charge in [-0.15, -0.1) is 0 Å². The molecule has 0 spiro atoms. The van der Waals surface area contributed by atoms with E-state index in [9.17, 15) is 9.90 Å². The molecule has 5 heteroatoms. The molecule has 0 aromatic carbocycles. The number of amides is 1. The lowest BCUT2D eigenvalue weighted by molar-refractivity contribution is -0.124. The lowest BCUT2D eigenvalue weighted by Crippen LogP contribution is -2.49. The quantitative estimate of drug-likeness (QED) is 0.829. The van der Waals surface area contributed by atoms with E-state index in [0.717, 1.165) is 25.1 Å². The molecule has 100 valence electrons. The van der Waals surface area contributed by atoms with Crippen molar-refractivity contribution in [2.45, 2.75) is 31.9 Å². The fourth-order valence-corrected chi connectivity index (χ4v) is 2.32. The van der Waals surface area contributed by atoms with E-state index < -0.39 is 5.60 Å². The van der Waals surface area contributed by atoms with E-state index in [2.05, 4.69) is 5.32 Å². The van der Waals surface area contributed by atoms with Gasteiger partial charge in [0.05, 0.1) is 25.0 Å². The molecule has 18 heavy (non-hydrogen) atoms. The molecule has 0 aliphatic carbocycles. The Morgan fingerprint density at radius 1 is 1.67 bits per heavy atom. The fourth-order valence-electron chi connectivity index (χ4n) is 2.32. The second-order valence-corrected chi connectivity index (χ2v) is 5.17. The lowest BCUT2D eigenvalue weighted by Gasteiger charge is -2.36. The van der Waals surface area contributed by atoms with Crippen LogP contribution in [-0.2, 0) is 11.3 Å². The van der Waals surface area contributed by atoms with Crippen LogP contribution in [0.3, 0.4) is 0 Å². The summed E-state index contributed by atoms with van der Waals surface area (Å²) in [5.74, 6) is 0.707. The normalized spacial score (nSPS) is 25.0. The van der Waals surface area contributed by atoms with E-state index in [0.29, 0.717) is 19.6 Å². The summed E-state index contributed by atoms with van der Waals surface area (Å²) in [5, 5.41) is 12.8. The van der Waals surface area contributed by atoms with Crippen molar-refractivity contribution >= 4 is 5.91 Å². The Labute approximate surface area is 107 Å². The van der Waals surface area contributed by atoms with Gasteiger partial charge < -0.3 is 14.8 Å². The first-order chi connectivity index (χ1) is 8.55. The minimum Gasteiger partial charge on any atom is -0.467 e. The van der Waals surface area contributed by atoms with Crippen LogP contribution < -0.4 is 5.32 Å². The van der Waals surface area contributed by atoms with Crippen molar-refractivity contribution in [3.63, 3.8) is 0 Å². The average molecular weight is 252 g/mol. The molecule has 1 amide bonds. The summed E-state index contributed by atoms with van der Waals surface area (Å²) >= 11 is 0. The molecule has 1 atom stereocenters. The van der Waals surface area contributed by atoms with Crippen molar-refractivity contribution in [3.8, 4) is 0 Å². The van der Waals surface area contributed by atoms with Crippen molar-refractivity contribution in [1.29, 1.82) is 0 Å². The smallest absolute Gasteiger partial charge is 0.234 e. The predicted octanol–water partition coefficient (Wildman–Crippen LogP) is 0.743. The van der Waals surface area contributed by atoms with Gasteiger partial charge in [-0.05, 0) is 38.4 Å². The Kier molecular flexibility index (Phi) is 4.04. The third-order valence-corrected chi connectivity index (χ3v) is 3.16. The number of carbonyl (C=O) groups is 1. The molecule has 1 saturated heterocycles. The highest BCUT2D eigenvalue weighted by atomic mass is 16.3. The van der Waals surface area contributed by atoms with Crippen molar-refractivity contribution in [3.05, 3.63) is 24.2 Å². The number of carbonyl (C=O) groups excluding carboxylic acids is 1. The predicted molar refractivity (Wildman–Crippen MR) is 66.9 cm³/mol. The van der Waals surface area contributed by atoms with Crippen molar-refractivity contribution < 1.29 is 14.3 Å². The highest BCUT2D eigenvalue weighted by molar-refractivity contribution is 5.77. The first-order valence-electron chi connectivity index (χ1n) is 6.29. The van der Waals surface area contributed by atoms with Crippen molar-refractivity contribution in [2.75, 3.05) is 19.6 Å². The number of furan rings is 1. The lowest BCUT2D eigenvalue weighted by atomic mass is 9.95. The summed E-state index contributed by atoms with van der Waals surface area (Å²) in [7, 11) is 0. The van der Waals surface area contributed by atoms with Gasteiger partial charge in [0.15, 0.2) is 0 Å². The molecule has 0 radical (unpaired) electrons. The number of nitrogens with zero attached hydrogens (tertiary/aromatic N) is 1. The van der Waals surface area contributed by atoms with Crippen molar-refractivity contribution in [2.24, 2.45) is 0 Å². The Morgan fingerprint density at radius 3 is 3.17 bits per heavy atom. The molecule has 0 saturated carbocycles.